The minimum Gasteiger partial charge on any atom is -0.396 e. The van der Waals surface area contributed by atoms with Gasteiger partial charge in [0.15, 0.2) is 0 Å². The zero-order chi connectivity index (χ0) is 9.23. The van der Waals surface area contributed by atoms with E-state index < -0.39 is 11.4 Å². The van der Waals surface area contributed by atoms with Crippen LogP contribution in [0.5, 0.6) is 0 Å². The van der Waals surface area contributed by atoms with Gasteiger partial charge >= 0.3 is 11.4 Å². The molecule has 6 heteroatoms. The molecule has 0 saturated heterocycles. The SMILES string of the molecule is O=S(OCCCO)OCCCO. The van der Waals surface area contributed by atoms with Crippen LogP contribution < -0.4 is 0 Å². The summed E-state index contributed by atoms with van der Waals surface area (Å²) in [7, 11) is 0. The zero-order valence-electron chi connectivity index (χ0n) is 6.77. The molecule has 0 spiro atoms. The maximum absolute atomic E-state index is 10.7. The molecule has 2 N–H and O–H groups in total. The van der Waals surface area contributed by atoms with Gasteiger partial charge in [-0.1, -0.05) is 0 Å². The second kappa shape index (κ2) is 9.08. The summed E-state index contributed by atoms with van der Waals surface area (Å²) in [6, 6.07) is 0. The summed E-state index contributed by atoms with van der Waals surface area (Å²) in [5.74, 6) is 0. The van der Waals surface area contributed by atoms with Gasteiger partial charge in [0, 0.05) is 13.2 Å². The normalized spacial score (nSPS) is 10.9. The van der Waals surface area contributed by atoms with E-state index in [1.807, 2.05) is 0 Å². The Morgan fingerprint density at radius 2 is 1.42 bits per heavy atom. The Balaban J connectivity index is 3.10. The van der Waals surface area contributed by atoms with Crippen molar-refractivity contribution in [1.82, 2.24) is 0 Å². The molecule has 12 heavy (non-hydrogen) atoms. The fraction of sp³-hybridized carbons (Fsp3) is 1.00. The van der Waals surface area contributed by atoms with E-state index >= 15 is 0 Å². The molecule has 0 rings (SSSR count). The summed E-state index contributed by atoms with van der Waals surface area (Å²) in [6.07, 6.45) is 0.879. The molecule has 0 amide bonds. The molecule has 0 aliphatic carbocycles. The highest BCUT2D eigenvalue weighted by Crippen LogP contribution is 1.92. The lowest BCUT2D eigenvalue weighted by Crippen LogP contribution is -2.06. The molecule has 0 atom stereocenters. The largest absolute Gasteiger partial charge is 0.396 e. The van der Waals surface area contributed by atoms with Crippen molar-refractivity contribution in [3.05, 3.63) is 0 Å². The van der Waals surface area contributed by atoms with Crippen molar-refractivity contribution >= 4 is 11.4 Å². The molecule has 0 heterocycles. The highest BCUT2D eigenvalue weighted by atomic mass is 32.2. The van der Waals surface area contributed by atoms with Crippen LogP contribution in [0.3, 0.4) is 0 Å². The van der Waals surface area contributed by atoms with Gasteiger partial charge in [-0.05, 0) is 12.8 Å². The lowest BCUT2D eigenvalue weighted by atomic mass is 10.5. The van der Waals surface area contributed by atoms with Crippen molar-refractivity contribution in [2.45, 2.75) is 12.8 Å². The minimum atomic E-state index is -1.75. The summed E-state index contributed by atoms with van der Waals surface area (Å²) in [4.78, 5) is 0. The average Bonchev–Trinajstić information content (AvgIpc) is 2.06. The van der Waals surface area contributed by atoms with Crippen LogP contribution in [-0.4, -0.2) is 40.8 Å². The Morgan fingerprint density at radius 3 is 1.75 bits per heavy atom. The number of hydrogen-bond acceptors (Lipinski definition) is 5. The van der Waals surface area contributed by atoms with Crippen LogP contribution in [0, 0.1) is 0 Å². The Bertz CT molecular complexity index is 107. The van der Waals surface area contributed by atoms with Crippen molar-refractivity contribution in [1.29, 1.82) is 0 Å². The average molecular weight is 198 g/mol. The van der Waals surface area contributed by atoms with Gasteiger partial charge in [0.25, 0.3) is 0 Å². The van der Waals surface area contributed by atoms with Crippen LogP contribution in [0.2, 0.25) is 0 Å². The van der Waals surface area contributed by atoms with E-state index in [9.17, 15) is 4.21 Å². The second-order valence-corrected chi connectivity index (χ2v) is 2.88. The van der Waals surface area contributed by atoms with Crippen molar-refractivity contribution in [3.63, 3.8) is 0 Å². The molecule has 0 aromatic heterocycles. The standard InChI is InChI=1S/C6H14O5S/c7-3-1-5-10-12(9)11-6-2-4-8/h7-8H,1-6H2. The number of aliphatic hydroxyl groups is 2. The lowest BCUT2D eigenvalue weighted by Gasteiger charge is -2.01. The van der Waals surface area contributed by atoms with Gasteiger partial charge in [0.05, 0.1) is 13.2 Å². The fourth-order valence-electron chi connectivity index (χ4n) is 0.417. The molecule has 0 aliphatic rings. The van der Waals surface area contributed by atoms with Crippen LogP contribution in [0.25, 0.3) is 0 Å². The number of hydrogen-bond donors (Lipinski definition) is 2. The molecule has 0 aromatic rings. The highest BCUT2D eigenvalue weighted by molar-refractivity contribution is 7.75. The molecule has 0 aliphatic heterocycles. The van der Waals surface area contributed by atoms with E-state index in [0.29, 0.717) is 12.8 Å². The molecular formula is C6H14O5S. The number of rotatable bonds is 8. The van der Waals surface area contributed by atoms with E-state index in [1.165, 1.54) is 0 Å². The van der Waals surface area contributed by atoms with Gasteiger partial charge in [-0.3, -0.25) is 8.37 Å². The molecular weight excluding hydrogens is 184 g/mol. The first-order chi connectivity index (χ1) is 5.81. The van der Waals surface area contributed by atoms with Crippen LogP contribution in [0.1, 0.15) is 12.8 Å². The second-order valence-electron chi connectivity index (χ2n) is 2.00. The summed E-state index contributed by atoms with van der Waals surface area (Å²) in [6.45, 7) is 0.437. The Hall–Kier alpha value is -0.0100. The van der Waals surface area contributed by atoms with Gasteiger partial charge < -0.3 is 10.2 Å². The fourth-order valence-corrected chi connectivity index (χ4v) is 0.993. The van der Waals surface area contributed by atoms with E-state index in [4.69, 9.17) is 10.2 Å². The Kier molecular flexibility index (Phi) is 9.07. The summed E-state index contributed by atoms with van der Waals surface area (Å²) >= 11 is -1.75. The van der Waals surface area contributed by atoms with Crippen molar-refractivity contribution in [2.24, 2.45) is 0 Å². The third kappa shape index (κ3) is 8.09. The summed E-state index contributed by atoms with van der Waals surface area (Å²) < 4.78 is 20.0. The predicted molar refractivity (Wildman–Crippen MR) is 43.5 cm³/mol. The van der Waals surface area contributed by atoms with Crippen LogP contribution in [0.4, 0.5) is 0 Å². The monoisotopic (exact) mass is 198 g/mol. The lowest BCUT2D eigenvalue weighted by molar-refractivity contribution is 0.200. The smallest absolute Gasteiger partial charge is 0.304 e. The van der Waals surface area contributed by atoms with Crippen LogP contribution in [-0.2, 0) is 19.7 Å². The first-order valence-electron chi connectivity index (χ1n) is 3.71. The Labute approximate surface area is 74.2 Å². The summed E-state index contributed by atoms with van der Waals surface area (Å²) in [5.41, 5.74) is 0. The topological polar surface area (TPSA) is 76.0 Å². The van der Waals surface area contributed by atoms with Gasteiger partial charge in [-0.2, -0.15) is 4.21 Å². The molecule has 0 unspecified atom stereocenters. The predicted octanol–water partition coefficient (Wildman–Crippen LogP) is -0.637. The van der Waals surface area contributed by atoms with E-state index in [0.717, 1.165) is 0 Å². The van der Waals surface area contributed by atoms with E-state index in [2.05, 4.69) is 8.37 Å². The maximum atomic E-state index is 10.7. The molecule has 0 radical (unpaired) electrons. The van der Waals surface area contributed by atoms with Gasteiger partial charge in [-0.15, -0.1) is 0 Å². The molecule has 0 saturated carbocycles. The van der Waals surface area contributed by atoms with Crippen molar-refractivity contribution in [2.75, 3.05) is 26.4 Å². The van der Waals surface area contributed by atoms with Crippen molar-refractivity contribution in [3.8, 4) is 0 Å². The van der Waals surface area contributed by atoms with Gasteiger partial charge in [0.2, 0.25) is 0 Å². The number of aliphatic hydroxyl groups excluding tert-OH is 2. The van der Waals surface area contributed by atoms with E-state index in [1.54, 1.807) is 0 Å². The first-order valence-corrected chi connectivity index (χ1v) is 4.71. The van der Waals surface area contributed by atoms with Gasteiger partial charge in [-0.25, -0.2) is 0 Å². The molecule has 0 fully saturated rings. The zero-order valence-corrected chi connectivity index (χ0v) is 7.59. The minimum absolute atomic E-state index is 0.00778. The molecule has 0 aromatic carbocycles. The van der Waals surface area contributed by atoms with Crippen molar-refractivity contribution < 1.29 is 22.8 Å². The quantitative estimate of drug-likeness (QED) is 0.507. The summed E-state index contributed by atoms with van der Waals surface area (Å²) in [5, 5.41) is 16.7. The third-order valence-corrected chi connectivity index (χ3v) is 1.68. The Morgan fingerprint density at radius 1 is 1.00 bits per heavy atom. The molecule has 74 valence electrons. The molecule has 0 bridgehead atoms. The molecule has 5 nitrogen and oxygen atoms in total. The third-order valence-electron chi connectivity index (χ3n) is 0.964. The van der Waals surface area contributed by atoms with Crippen LogP contribution >= 0.6 is 0 Å². The highest BCUT2D eigenvalue weighted by Gasteiger charge is 1.99. The van der Waals surface area contributed by atoms with Crippen LogP contribution in [0.15, 0.2) is 0 Å². The maximum Gasteiger partial charge on any atom is 0.304 e. The first kappa shape index (κ1) is 12.0. The van der Waals surface area contributed by atoms with Gasteiger partial charge in [0.1, 0.15) is 0 Å². The van der Waals surface area contributed by atoms with E-state index in [-0.39, 0.29) is 26.4 Å².